The molecule has 8 heteroatoms. The lowest BCUT2D eigenvalue weighted by molar-refractivity contribution is -0.138. The molecule has 0 fully saturated rings. The van der Waals surface area contributed by atoms with Crippen LogP contribution >= 0.6 is 22.9 Å². The van der Waals surface area contributed by atoms with Gasteiger partial charge in [0.05, 0.1) is 18.3 Å². The van der Waals surface area contributed by atoms with Crippen molar-refractivity contribution in [3.63, 3.8) is 0 Å². The van der Waals surface area contributed by atoms with Crippen LogP contribution in [-0.4, -0.2) is 40.2 Å². The minimum atomic E-state index is -0.877. The van der Waals surface area contributed by atoms with Crippen LogP contribution in [0.1, 0.15) is 31.2 Å². The van der Waals surface area contributed by atoms with Gasteiger partial charge in [0.1, 0.15) is 0 Å². The third-order valence-electron chi connectivity index (χ3n) is 5.36. The third-order valence-corrected chi connectivity index (χ3v) is 6.57. The minimum absolute atomic E-state index is 0.00263. The first kappa shape index (κ1) is 23.9. The van der Waals surface area contributed by atoms with Gasteiger partial charge in [-0.15, -0.1) is 11.3 Å². The van der Waals surface area contributed by atoms with E-state index in [0.29, 0.717) is 28.7 Å². The number of amides is 1. The lowest BCUT2D eigenvalue weighted by atomic mass is 9.81. The highest BCUT2D eigenvalue weighted by Gasteiger charge is 2.26. The lowest BCUT2D eigenvalue weighted by Gasteiger charge is -2.27. The van der Waals surface area contributed by atoms with E-state index >= 15 is 0 Å². The van der Waals surface area contributed by atoms with Crippen molar-refractivity contribution in [2.75, 3.05) is 11.4 Å². The number of benzene rings is 2. The molecule has 2 N–H and O–H groups in total. The predicted octanol–water partition coefficient (Wildman–Crippen LogP) is 5.07. The number of hydrogen-bond acceptors (Lipinski definition) is 5. The summed E-state index contributed by atoms with van der Waals surface area (Å²) in [4.78, 5) is 28.9. The van der Waals surface area contributed by atoms with E-state index in [-0.39, 0.29) is 24.8 Å². The Morgan fingerprint density at radius 2 is 1.88 bits per heavy atom. The van der Waals surface area contributed by atoms with Crippen molar-refractivity contribution in [2.45, 2.75) is 31.8 Å². The monoisotopic (exact) mass is 472 g/mol. The maximum absolute atomic E-state index is 11.8. The van der Waals surface area contributed by atoms with Gasteiger partial charge in [-0.2, -0.15) is 0 Å². The van der Waals surface area contributed by atoms with Crippen molar-refractivity contribution in [3.05, 3.63) is 70.6 Å². The molecule has 0 aliphatic carbocycles. The standard InChI is InChI=1S/C24H25ClN2O4S/c1-16(11-23(30)31)20(17-7-3-2-4-8-17)12-18(29)13-27(15-28)24-26-22(14-32-24)19-9-5-6-10-21(19)25/h2-10,14-16,18,20,29H,11-13H2,1H3,(H,30,31)/t16?,18?,20-/m0/s1. The topological polar surface area (TPSA) is 90.7 Å². The van der Waals surface area contributed by atoms with Crippen molar-refractivity contribution >= 4 is 40.4 Å². The first-order valence-electron chi connectivity index (χ1n) is 10.3. The molecule has 0 saturated heterocycles. The average molecular weight is 473 g/mol. The molecule has 0 bridgehead atoms. The molecule has 2 unspecified atom stereocenters. The van der Waals surface area contributed by atoms with Gasteiger partial charge in [0, 0.05) is 22.4 Å². The Morgan fingerprint density at radius 3 is 2.53 bits per heavy atom. The summed E-state index contributed by atoms with van der Waals surface area (Å²) >= 11 is 7.54. The maximum atomic E-state index is 11.8. The number of hydrogen-bond donors (Lipinski definition) is 2. The van der Waals surface area contributed by atoms with Crippen LogP contribution in [0.5, 0.6) is 0 Å². The van der Waals surface area contributed by atoms with E-state index in [9.17, 15) is 19.8 Å². The summed E-state index contributed by atoms with van der Waals surface area (Å²) in [5.74, 6) is -1.22. The SMILES string of the molecule is CC(CC(=O)O)[C@H](CC(O)CN(C=O)c1nc(-c2ccccc2Cl)cs1)c1ccccc1. The van der Waals surface area contributed by atoms with Gasteiger partial charge in [-0.25, -0.2) is 4.98 Å². The number of thiazole rings is 1. The molecule has 0 aliphatic rings. The summed E-state index contributed by atoms with van der Waals surface area (Å²) in [6.45, 7) is 1.93. The largest absolute Gasteiger partial charge is 0.481 e. The van der Waals surface area contributed by atoms with Gasteiger partial charge in [-0.05, 0) is 29.9 Å². The molecule has 3 aromatic rings. The number of aliphatic hydroxyl groups is 1. The van der Waals surface area contributed by atoms with Crippen LogP contribution in [0.3, 0.4) is 0 Å². The van der Waals surface area contributed by atoms with Crippen molar-refractivity contribution < 1.29 is 19.8 Å². The highest BCUT2D eigenvalue weighted by Crippen LogP contribution is 2.34. The molecule has 1 heterocycles. The number of carboxylic acid groups (broad SMARTS) is 1. The number of aliphatic hydroxyl groups excluding tert-OH is 1. The molecular formula is C24H25ClN2O4S. The van der Waals surface area contributed by atoms with Crippen molar-refractivity contribution in [3.8, 4) is 11.3 Å². The summed E-state index contributed by atoms with van der Waals surface area (Å²) in [5.41, 5.74) is 2.40. The molecular weight excluding hydrogens is 448 g/mol. The Bertz CT molecular complexity index is 1040. The van der Waals surface area contributed by atoms with Crippen LogP contribution in [0.25, 0.3) is 11.3 Å². The van der Waals surface area contributed by atoms with Gasteiger partial charge < -0.3 is 10.2 Å². The van der Waals surface area contributed by atoms with Gasteiger partial charge in [0.2, 0.25) is 6.41 Å². The number of aromatic nitrogens is 1. The molecule has 1 aromatic heterocycles. The first-order valence-corrected chi connectivity index (χ1v) is 11.5. The predicted molar refractivity (Wildman–Crippen MR) is 127 cm³/mol. The van der Waals surface area contributed by atoms with Crippen molar-refractivity contribution in [1.82, 2.24) is 4.98 Å². The van der Waals surface area contributed by atoms with E-state index < -0.39 is 12.1 Å². The Hall–Kier alpha value is -2.74. The van der Waals surface area contributed by atoms with Gasteiger partial charge in [-0.3, -0.25) is 14.5 Å². The van der Waals surface area contributed by atoms with Gasteiger partial charge >= 0.3 is 5.97 Å². The van der Waals surface area contributed by atoms with E-state index in [0.717, 1.165) is 11.1 Å². The van der Waals surface area contributed by atoms with E-state index in [2.05, 4.69) is 4.98 Å². The number of aliphatic carboxylic acids is 1. The number of halogens is 1. The van der Waals surface area contributed by atoms with Gasteiger partial charge in [0.15, 0.2) is 5.13 Å². The summed E-state index contributed by atoms with van der Waals surface area (Å²) in [6.07, 6.45) is 0.119. The minimum Gasteiger partial charge on any atom is -0.481 e. The molecule has 2 aromatic carbocycles. The zero-order chi connectivity index (χ0) is 23.1. The molecule has 6 nitrogen and oxygen atoms in total. The molecule has 1 amide bonds. The van der Waals surface area contributed by atoms with Crippen molar-refractivity contribution in [1.29, 1.82) is 0 Å². The third kappa shape index (κ3) is 6.16. The van der Waals surface area contributed by atoms with Crippen LogP contribution in [0.15, 0.2) is 60.0 Å². The van der Waals surface area contributed by atoms with Crippen LogP contribution in [-0.2, 0) is 9.59 Å². The zero-order valence-electron chi connectivity index (χ0n) is 17.6. The molecule has 168 valence electrons. The molecule has 32 heavy (non-hydrogen) atoms. The first-order chi connectivity index (χ1) is 15.4. The molecule has 3 rings (SSSR count). The number of carbonyl (C=O) groups is 2. The number of nitrogens with zero attached hydrogens (tertiary/aromatic N) is 2. The number of carboxylic acids is 1. The summed E-state index contributed by atoms with van der Waals surface area (Å²) in [7, 11) is 0. The van der Waals surface area contributed by atoms with Crippen LogP contribution < -0.4 is 4.90 Å². The van der Waals surface area contributed by atoms with E-state index in [1.807, 2.05) is 60.8 Å². The second-order valence-corrected chi connectivity index (χ2v) is 8.98. The fourth-order valence-electron chi connectivity index (χ4n) is 3.76. The number of anilines is 1. The van der Waals surface area contributed by atoms with Gasteiger partial charge in [-0.1, -0.05) is 67.1 Å². The van der Waals surface area contributed by atoms with Gasteiger partial charge in [0.25, 0.3) is 0 Å². The Labute approximate surface area is 196 Å². The van der Waals surface area contributed by atoms with E-state index in [1.54, 1.807) is 6.07 Å². The maximum Gasteiger partial charge on any atom is 0.303 e. The fraction of sp³-hybridized carbons (Fsp3) is 0.292. The van der Waals surface area contributed by atoms with E-state index in [1.165, 1.54) is 16.2 Å². The zero-order valence-corrected chi connectivity index (χ0v) is 19.2. The highest BCUT2D eigenvalue weighted by atomic mass is 35.5. The summed E-state index contributed by atoms with van der Waals surface area (Å²) in [5, 5.41) is 22.9. The number of carbonyl (C=O) groups excluding carboxylic acids is 1. The van der Waals surface area contributed by atoms with E-state index in [4.69, 9.17) is 11.6 Å². The fourth-order valence-corrected chi connectivity index (χ4v) is 4.80. The molecule has 0 saturated carbocycles. The molecule has 0 spiro atoms. The Balaban J connectivity index is 1.73. The average Bonchev–Trinajstić information content (AvgIpc) is 3.26. The Morgan fingerprint density at radius 1 is 1.19 bits per heavy atom. The number of rotatable bonds is 11. The summed E-state index contributed by atoms with van der Waals surface area (Å²) < 4.78 is 0. The quantitative estimate of drug-likeness (QED) is 0.380. The van der Waals surface area contributed by atoms with Crippen LogP contribution in [0.4, 0.5) is 5.13 Å². The second kappa shape index (κ2) is 11.2. The smallest absolute Gasteiger partial charge is 0.303 e. The summed E-state index contributed by atoms with van der Waals surface area (Å²) in [6, 6.07) is 16.9. The molecule has 0 radical (unpaired) electrons. The molecule has 0 aliphatic heterocycles. The highest BCUT2D eigenvalue weighted by molar-refractivity contribution is 7.14. The normalized spacial score (nSPS) is 13.8. The van der Waals surface area contributed by atoms with Crippen LogP contribution in [0, 0.1) is 5.92 Å². The molecule has 3 atom stereocenters. The lowest BCUT2D eigenvalue weighted by Crippen LogP contribution is -2.33. The second-order valence-electron chi connectivity index (χ2n) is 7.73. The van der Waals surface area contributed by atoms with Crippen molar-refractivity contribution in [2.24, 2.45) is 5.92 Å². The Kier molecular flexibility index (Phi) is 8.39. The van der Waals surface area contributed by atoms with Crippen LogP contribution in [0.2, 0.25) is 5.02 Å².